The minimum Gasteiger partial charge on any atom is -0.390 e. The SMILES string of the molecule is C=CN/C=C(/CC(=O)NN)NC. The lowest BCUT2D eigenvalue weighted by Gasteiger charge is -2.04. The van der Waals surface area contributed by atoms with Crippen molar-refractivity contribution in [1.82, 2.24) is 16.1 Å². The first-order valence-corrected chi connectivity index (χ1v) is 3.47. The molecule has 0 aromatic heterocycles. The van der Waals surface area contributed by atoms with E-state index >= 15 is 0 Å². The van der Waals surface area contributed by atoms with Crippen LogP contribution in [0.5, 0.6) is 0 Å². The number of amides is 1. The zero-order chi connectivity index (χ0) is 9.40. The van der Waals surface area contributed by atoms with Crippen LogP contribution < -0.4 is 21.9 Å². The third kappa shape index (κ3) is 4.35. The molecule has 0 aliphatic rings. The highest BCUT2D eigenvalue weighted by atomic mass is 16.2. The number of nitrogens with two attached hydrogens (primary N) is 1. The molecule has 12 heavy (non-hydrogen) atoms. The zero-order valence-electron chi connectivity index (χ0n) is 7.05. The third-order valence-electron chi connectivity index (χ3n) is 1.21. The summed E-state index contributed by atoms with van der Waals surface area (Å²) in [6, 6.07) is 0. The molecule has 0 unspecified atom stereocenters. The molecule has 0 radical (unpaired) electrons. The van der Waals surface area contributed by atoms with Crippen LogP contribution in [0.3, 0.4) is 0 Å². The van der Waals surface area contributed by atoms with Crippen molar-refractivity contribution in [2.75, 3.05) is 7.05 Å². The summed E-state index contributed by atoms with van der Waals surface area (Å²) in [4.78, 5) is 10.8. The van der Waals surface area contributed by atoms with Crippen LogP contribution in [0, 0.1) is 0 Å². The number of hydrogen-bond acceptors (Lipinski definition) is 4. The summed E-state index contributed by atoms with van der Waals surface area (Å²) in [5.41, 5.74) is 2.77. The maximum Gasteiger partial charge on any atom is 0.239 e. The van der Waals surface area contributed by atoms with E-state index in [1.165, 1.54) is 6.20 Å². The van der Waals surface area contributed by atoms with Crippen molar-refractivity contribution in [3.05, 3.63) is 24.7 Å². The highest BCUT2D eigenvalue weighted by molar-refractivity contribution is 5.77. The van der Waals surface area contributed by atoms with Crippen LogP contribution in [0.2, 0.25) is 0 Å². The topological polar surface area (TPSA) is 79.2 Å². The quantitative estimate of drug-likeness (QED) is 0.246. The Kier molecular flexibility index (Phi) is 5.46. The van der Waals surface area contributed by atoms with E-state index in [0.29, 0.717) is 0 Å². The molecule has 0 atom stereocenters. The predicted molar refractivity (Wildman–Crippen MR) is 47.4 cm³/mol. The van der Waals surface area contributed by atoms with Crippen LogP contribution in [-0.2, 0) is 4.79 Å². The van der Waals surface area contributed by atoms with Crippen LogP contribution >= 0.6 is 0 Å². The highest BCUT2D eigenvalue weighted by Gasteiger charge is 2.00. The average Bonchev–Trinajstić information content (AvgIpc) is 2.11. The summed E-state index contributed by atoms with van der Waals surface area (Å²) in [6.45, 7) is 3.46. The van der Waals surface area contributed by atoms with Crippen molar-refractivity contribution in [2.24, 2.45) is 5.84 Å². The van der Waals surface area contributed by atoms with Crippen molar-refractivity contribution in [2.45, 2.75) is 6.42 Å². The molecule has 0 heterocycles. The highest BCUT2D eigenvalue weighted by Crippen LogP contribution is 1.92. The summed E-state index contributed by atoms with van der Waals surface area (Å²) in [7, 11) is 1.72. The van der Waals surface area contributed by atoms with Gasteiger partial charge in [0.2, 0.25) is 5.91 Å². The molecule has 68 valence electrons. The Balaban J connectivity index is 3.97. The average molecular weight is 170 g/mol. The monoisotopic (exact) mass is 170 g/mol. The molecule has 5 nitrogen and oxygen atoms in total. The Hall–Kier alpha value is -1.49. The molecule has 0 rings (SSSR count). The fourth-order valence-corrected chi connectivity index (χ4v) is 0.595. The van der Waals surface area contributed by atoms with E-state index in [9.17, 15) is 4.79 Å². The lowest BCUT2D eigenvalue weighted by atomic mass is 10.3. The van der Waals surface area contributed by atoms with Gasteiger partial charge < -0.3 is 10.6 Å². The molecule has 5 heteroatoms. The maximum atomic E-state index is 10.8. The predicted octanol–water partition coefficient (Wildman–Crippen LogP) is -0.840. The molecular weight excluding hydrogens is 156 g/mol. The normalized spacial score (nSPS) is 10.3. The van der Waals surface area contributed by atoms with E-state index in [1.807, 2.05) is 5.43 Å². The van der Waals surface area contributed by atoms with Crippen LogP contribution in [0.4, 0.5) is 0 Å². The van der Waals surface area contributed by atoms with Gasteiger partial charge in [0, 0.05) is 18.9 Å². The van der Waals surface area contributed by atoms with Gasteiger partial charge >= 0.3 is 0 Å². The van der Waals surface area contributed by atoms with E-state index in [4.69, 9.17) is 5.84 Å². The molecule has 0 fully saturated rings. The second-order valence-electron chi connectivity index (χ2n) is 2.03. The zero-order valence-corrected chi connectivity index (χ0v) is 7.05. The number of carbonyl (C=O) groups is 1. The van der Waals surface area contributed by atoms with Crippen molar-refractivity contribution >= 4 is 5.91 Å². The largest absolute Gasteiger partial charge is 0.390 e. The Morgan fingerprint density at radius 3 is 2.75 bits per heavy atom. The molecule has 0 saturated heterocycles. The smallest absolute Gasteiger partial charge is 0.239 e. The molecule has 0 saturated carbocycles. The van der Waals surface area contributed by atoms with Crippen LogP contribution in [0.15, 0.2) is 24.7 Å². The molecular formula is C7H14N4O. The van der Waals surface area contributed by atoms with Crippen molar-refractivity contribution in [3.8, 4) is 0 Å². The third-order valence-corrected chi connectivity index (χ3v) is 1.21. The molecule has 5 N–H and O–H groups in total. The minimum absolute atomic E-state index is 0.216. The van der Waals surface area contributed by atoms with Crippen molar-refractivity contribution in [3.63, 3.8) is 0 Å². The Bertz CT molecular complexity index is 188. The molecule has 0 aromatic rings. The van der Waals surface area contributed by atoms with Gasteiger partial charge in [-0.2, -0.15) is 0 Å². The number of carbonyl (C=O) groups excluding carboxylic acids is 1. The fourth-order valence-electron chi connectivity index (χ4n) is 0.595. The van der Waals surface area contributed by atoms with Gasteiger partial charge in [-0.15, -0.1) is 0 Å². The standard InChI is InChI=1S/C7H14N4O/c1-3-10-5-6(9-2)4-7(12)11-8/h3,5,9-10H,1,4,8H2,2H3,(H,11,12)/b6-5-. The van der Waals surface area contributed by atoms with E-state index in [-0.39, 0.29) is 12.3 Å². The van der Waals surface area contributed by atoms with E-state index in [0.717, 1.165) is 5.70 Å². The van der Waals surface area contributed by atoms with Gasteiger partial charge in [0.15, 0.2) is 0 Å². The second-order valence-corrected chi connectivity index (χ2v) is 2.03. The van der Waals surface area contributed by atoms with Gasteiger partial charge in [0.1, 0.15) is 0 Å². The van der Waals surface area contributed by atoms with Crippen LogP contribution in [0.1, 0.15) is 6.42 Å². The van der Waals surface area contributed by atoms with Gasteiger partial charge in [-0.25, -0.2) is 5.84 Å². The Morgan fingerprint density at radius 2 is 2.33 bits per heavy atom. The number of hydrogen-bond donors (Lipinski definition) is 4. The van der Waals surface area contributed by atoms with Gasteiger partial charge in [0.25, 0.3) is 0 Å². The van der Waals surface area contributed by atoms with E-state index in [1.54, 1.807) is 13.2 Å². The summed E-state index contributed by atoms with van der Waals surface area (Å²) in [5, 5.41) is 5.58. The molecule has 0 aromatic carbocycles. The first-order valence-electron chi connectivity index (χ1n) is 3.47. The number of nitrogens with one attached hydrogen (secondary N) is 3. The lowest BCUT2D eigenvalue weighted by Crippen LogP contribution is -2.31. The molecule has 0 spiro atoms. The van der Waals surface area contributed by atoms with Gasteiger partial charge in [-0.05, 0) is 6.20 Å². The molecule has 0 aliphatic carbocycles. The van der Waals surface area contributed by atoms with Gasteiger partial charge in [0.05, 0.1) is 6.42 Å². The number of hydrazine groups is 1. The van der Waals surface area contributed by atoms with E-state index in [2.05, 4.69) is 17.2 Å². The maximum absolute atomic E-state index is 10.8. The van der Waals surface area contributed by atoms with Crippen molar-refractivity contribution < 1.29 is 4.79 Å². The lowest BCUT2D eigenvalue weighted by molar-refractivity contribution is -0.120. The van der Waals surface area contributed by atoms with Crippen LogP contribution in [0.25, 0.3) is 0 Å². The summed E-state index contributed by atoms with van der Waals surface area (Å²) < 4.78 is 0. The molecule has 0 bridgehead atoms. The first-order chi connectivity index (χ1) is 5.74. The fraction of sp³-hybridized carbons (Fsp3) is 0.286. The van der Waals surface area contributed by atoms with Crippen LogP contribution in [-0.4, -0.2) is 13.0 Å². The minimum atomic E-state index is -0.249. The van der Waals surface area contributed by atoms with Gasteiger partial charge in [-0.3, -0.25) is 10.2 Å². The summed E-state index contributed by atoms with van der Waals surface area (Å²) >= 11 is 0. The Labute approximate surface area is 71.7 Å². The van der Waals surface area contributed by atoms with Crippen molar-refractivity contribution in [1.29, 1.82) is 0 Å². The van der Waals surface area contributed by atoms with Gasteiger partial charge in [-0.1, -0.05) is 6.58 Å². The first kappa shape index (κ1) is 10.5. The molecule has 1 amide bonds. The second kappa shape index (κ2) is 6.23. The Morgan fingerprint density at radius 1 is 1.67 bits per heavy atom. The summed E-state index contributed by atoms with van der Waals surface area (Å²) in [6.07, 6.45) is 3.37. The summed E-state index contributed by atoms with van der Waals surface area (Å²) in [5.74, 6) is 4.66. The molecule has 0 aliphatic heterocycles. The van der Waals surface area contributed by atoms with E-state index < -0.39 is 0 Å². The number of rotatable bonds is 5.